The fourth-order valence-electron chi connectivity index (χ4n) is 0. The smallest absolute Gasteiger partial charge is 0.543 e. The molecule has 12 heavy (non-hydrogen) atoms. The summed E-state index contributed by atoms with van der Waals surface area (Å²) >= 11 is 0. The summed E-state index contributed by atoms with van der Waals surface area (Å²) in [7, 11) is 0. The van der Waals surface area contributed by atoms with Gasteiger partial charge in [-0.1, -0.05) is 0 Å². The van der Waals surface area contributed by atoms with E-state index in [4.69, 9.17) is 19.8 Å². The molecule has 70 valence electrons. The second-order valence-electron chi connectivity index (χ2n) is 0.575. The van der Waals surface area contributed by atoms with Gasteiger partial charge in [-0.05, 0) is 0 Å². The van der Waals surface area contributed by atoms with Crippen LogP contribution < -0.4 is 10.2 Å². The number of hydrogen-bond donors (Lipinski definition) is 0. The molecule has 0 rings (SSSR count). The summed E-state index contributed by atoms with van der Waals surface area (Å²) in [4.78, 5) is 17.9. The van der Waals surface area contributed by atoms with E-state index in [1.165, 1.54) is 0 Å². The molecule has 0 aliphatic rings. The number of carbonyl (C=O) groups excluding carboxylic acids is 2. The molecule has 0 saturated heterocycles. The fraction of sp³-hybridized carbons (Fsp3) is 0. The number of carboxylic acid groups (broad SMARTS) is 2. The number of carboxylic acids is 2. The zero-order valence-corrected chi connectivity index (χ0v) is 11.8. The minimum absolute atomic E-state index is 0. The maximum atomic E-state index is 8.93. The van der Waals surface area contributed by atoms with E-state index in [2.05, 4.69) is 0 Å². The summed E-state index contributed by atoms with van der Waals surface area (Å²) in [5.41, 5.74) is 0. The van der Waals surface area contributed by atoms with Gasteiger partial charge < -0.3 is 41.7 Å². The molecule has 8 N–H and O–H groups in total. The Labute approximate surface area is 123 Å². The van der Waals surface area contributed by atoms with Gasteiger partial charge in [-0.3, -0.25) is 0 Å². The van der Waals surface area contributed by atoms with Crippen LogP contribution in [-0.2, 0) is 31.3 Å². The van der Waals surface area contributed by atoms with Gasteiger partial charge in [0, 0.05) is 21.7 Å². The van der Waals surface area contributed by atoms with Crippen LogP contribution in [0.4, 0.5) is 0 Å². The molecule has 0 atom stereocenters. The van der Waals surface area contributed by atoms with Crippen molar-refractivity contribution in [2.24, 2.45) is 0 Å². The summed E-state index contributed by atoms with van der Waals surface area (Å²) in [6.45, 7) is 0. The molecule has 0 aliphatic heterocycles. The van der Waals surface area contributed by atoms with Crippen LogP contribution in [0.2, 0.25) is 0 Å². The maximum absolute atomic E-state index is 8.93. The first-order valence-electron chi connectivity index (χ1n) is 1.07. The summed E-state index contributed by atoms with van der Waals surface area (Å²) < 4.78 is 0. The van der Waals surface area contributed by atoms with E-state index in [9.17, 15) is 0 Å². The van der Waals surface area contributed by atoms with E-state index in [0.717, 1.165) is 0 Å². The first kappa shape index (κ1) is 51.7. The molecule has 0 amide bonds. The summed E-state index contributed by atoms with van der Waals surface area (Å²) in [5.74, 6) is -4.37. The van der Waals surface area contributed by atoms with Gasteiger partial charge in [-0.2, -0.15) is 0 Å². The molecule has 0 unspecified atom stereocenters. The molecule has 0 aliphatic carbocycles. The van der Waals surface area contributed by atoms with Gasteiger partial charge in [0.25, 0.3) is 0 Å². The molecular weight excluding hydrogens is 337 g/mol. The monoisotopic (exact) mass is 346 g/mol. The Kier molecular flexibility index (Phi) is 127. The molecule has 0 fully saturated rings. The van der Waals surface area contributed by atoms with Crippen LogP contribution in [-0.4, -0.2) is 82.7 Å². The summed E-state index contributed by atoms with van der Waals surface area (Å²) in [6, 6.07) is 0. The van der Waals surface area contributed by atoms with Gasteiger partial charge in [0.15, 0.2) is 0 Å². The molecule has 0 radical (unpaired) electrons. The average Bonchev–Trinajstić information content (AvgIpc) is 1.36. The molecular formula is C2H8BaO8Ti. The van der Waals surface area contributed by atoms with Gasteiger partial charge in [0.1, 0.15) is 0 Å². The van der Waals surface area contributed by atoms with Crippen molar-refractivity contribution in [2.45, 2.75) is 0 Å². The van der Waals surface area contributed by atoms with E-state index >= 15 is 0 Å². The molecule has 0 heterocycles. The second kappa shape index (κ2) is 29.6. The van der Waals surface area contributed by atoms with Crippen LogP contribution in [0.3, 0.4) is 0 Å². The van der Waals surface area contributed by atoms with Crippen molar-refractivity contribution in [2.75, 3.05) is 0 Å². The summed E-state index contributed by atoms with van der Waals surface area (Å²) in [6.07, 6.45) is 0. The zero-order valence-electron chi connectivity index (χ0n) is 5.84. The topological polar surface area (TPSA) is 206 Å². The van der Waals surface area contributed by atoms with Crippen LogP contribution in [0.5, 0.6) is 0 Å². The number of hydrogen-bond acceptors (Lipinski definition) is 4. The van der Waals surface area contributed by atoms with Gasteiger partial charge in [0.05, 0.1) is 11.9 Å². The number of carbonyl (C=O) groups is 2. The Morgan fingerprint density at radius 2 is 0.833 bits per heavy atom. The van der Waals surface area contributed by atoms with Crippen molar-refractivity contribution in [3.8, 4) is 0 Å². The van der Waals surface area contributed by atoms with Crippen LogP contribution in [0.1, 0.15) is 0 Å². The van der Waals surface area contributed by atoms with E-state index in [1.807, 2.05) is 0 Å². The number of rotatable bonds is 0. The fourth-order valence-corrected chi connectivity index (χ4v) is 0. The van der Waals surface area contributed by atoms with Crippen molar-refractivity contribution >= 4 is 60.8 Å². The Hall–Kier alpha value is 1.07. The SMILES string of the molecule is O.O.O.O.O=C([O-])C(=O)[O-].[Ba+2].[Ti]. The third-order valence-electron chi connectivity index (χ3n) is 0.167. The first-order chi connectivity index (χ1) is 2.64. The maximum Gasteiger partial charge on any atom is 2.00 e. The standard InChI is InChI=1S/C2H2O4.Ba.4H2O.Ti/c3-1(4)2(5)6;;;;;;/h(H,3,4)(H,5,6);;4*1H2;/q;+2;;;;;/p-2. The zero-order chi connectivity index (χ0) is 5.15. The molecule has 10 heteroatoms. The van der Waals surface area contributed by atoms with E-state index in [-0.39, 0.29) is 92.5 Å². The second-order valence-corrected chi connectivity index (χ2v) is 0.575. The van der Waals surface area contributed by atoms with Crippen molar-refractivity contribution in [1.29, 1.82) is 0 Å². The van der Waals surface area contributed by atoms with Crippen molar-refractivity contribution in [3.63, 3.8) is 0 Å². The van der Waals surface area contributed by atoms with Crippen molar-refractivity contribution < 1.29 is 63.4 Å². The Morgan fingerprint density at radius 3 is 0.833 bits per heavy atom. The molecule has 0 aromatic heterocycles. The minimum atomic E-state index is -2.19. The van der Waals surface area contributed by atoms with Crippen molar-refractivity contribution in [3.05, 3.63) is 0 Å². The van der Waals surface area contributed by atoms with Gasteiger partial charge in [-0.15, -0.1) is 0 Å². The predicted octanol–water partition coefficient (Wildman–Crippen LogP) is -7.20. The Morgan fingerprint density at radius 1 is 0.750 bits per heavy atom. The van der Waals surface area contributed by atoms with Crippen LogP contribution in [0.25, 0.3) is 0 Å². The van der Waals surface area contributed by atoms with E-state index in [1.54, 1.807) is 0 Å². The van der Waals surface area contributed by atoms with Gasteiger partial charge in [0.2, 0.25) is 0 Å². The molecule has 0 spiro atoms. The third-order valence-corrected chi connectivity index (χ3v) is 0.167. The van der Waals surface area contributed by atoms with Crippen LogP contribution in [0, 0.1) is 0 Å². The Bertz CT molecular complexity index is 83.1. The molecule has 8 nitrogen and oxygen atoms in total. The molecule has 0 aromatic carbocycles. The predicted molar refractivity (Wildman–Crippen MR) is 30.2 cm³/mol. The first-order valence-corrected chi connectivity index (χ1v) is 1.07. The van der Waals surface area contributed by atoms with Gasteiger partial charge >= 0.3 is 48.9 Å². The van der Waals surface area contributed by atoms with Crippen LogP contribution >= 0.6 is 0 Å². The average molecular weight is 345 g/mol. The normalized spacial score (nSPS) is 3.67. The summed E-state index contributed by atoms with van der Waals surface area (Å²) in [5, 5.41) is 17.9. The van der Waals surface area contributed by atoms with E-state index in [0.29, 0.717) is 0 Å². The van der Waals surface area contributed by atoms with Crippen molar-refractivity contribution in [1.82, 2.24) is 0 Å². The third kappa shape index (κ3) is 43.7. The van der Waals surface area contributed by atoms with Gasteiger partial charge in [-0.25, -0.2) is 0 Å². The molecule has 0 saturated carbocycles. The van der Waals surface area contributed by atoms with E-state index < -0.39 is 11.9 Å². The quantitative estimate of drug-likeness (QED) is 0.309. The molecule has 0 bridgehead atoms. The number of aliphatic carboxylic acids is 2. The Balaban J connectivity index is -0.00000000833. The van der Waals surface area contributed by atoms with Crippen LogP contribution in [0.15, 0.2) is 0 Å². The largest absolute Gasteiger partial charge is 2.00 e. The molecule has 0 aromatic rings. The minimum Gasteiger partial charge on any atom is -0.543 e.